The minimum Gasteiger partial charge on any atom is -0.370 e. The van der Waals surface area contributed by atoms with Gasteiger partial charge < -0.3 is 4.90 Å². The van der Waals surface area contributed by atoms with E-state index in [2.05, 4.69) is 50.4 Å². The lowest BCUT2D eigenvalue weighted by Gasteiger charge is -2.28. The van der Waals surface area contributed by atoms with Gasteiger partial charge in [-0.05, 0) is 28.0 Å². The van der Waals surface area contributed by atoms with Gasteiger partial charge in [-0.25, -0.2) is 4.45 Å². The van der Waals surface area contributed by atoms with E-state index in [4.69, 9.17) is 0 Å². The largest absolute Gasteiger partial charge is 0.370 e. The number of hydrogen-bond donors (Lipinski definition) is 0. The highest BCUT2D eigenvalue weighted by molar-refractivity contribution is 7.14. The standard InChI is InChI=1S/C19H23N4P.C2H6/c1-6-10-12-16-14(11-7-2)13-22(5)17(9-4)15(8-3)18-19(16)23(24)21-20-18;1-2/h6-12H,2-4,13,24H2,1,5H3;1-2H3/b10-6-,14-11-,16-12+,17-15-;. The van der Waals surface area contributed by atoms with Crippen LogP contribution in [0, 0.1) is 0 Å². The van der Waals surface area contributed by atoms with Gasteiger partial charge in [0, 0.05) is 30.4 Å². The molecule has 0 radical (unpaired) electrons. The lowest BCUT2D eigenvalue weighted by Crippen LogP contribution is -2.23. The van der Waals surface area contributed by atoms with Crippen LogP contribution >= 0.6 is 9.39 Å². The van der Waals surface area contributed by atoms with E-state index < -0.39 is 0 Å². The molecule has 1 unspecified atom stereocenters. The number of nitrogens with zero attached hydrogens (tertiary/aromatic N) is 4. The molecule has 1 aliphatic rings. The van der Waals surface area contributed by atoms with Crippen molar-refractivity contribution in [3.8, 4) is 0 Å². The third kappa shape index (κ3) is 4.39. The van der Waals surface area contributed by atoms with Gasteiger partial charge in [0.15, 0.2) is 0 Å². The van der Waals surface area contributed by atoms with Crippen LogP contribution < -0.4 is 0 Å². The highest BCUT2D eigenvalue weighted by Crippen LogP contribution is 2.36. The normalized spacial score (nSPS) is 20.3. The van der Waals surface area contributed by atoms with Crippen LogP contribution in [0.15, 0.2) is 73.5 Å². The molecule has 1 aromatic rings. The van der Waals surface area contributed by atoms with E-state index in [0.29, 0.717) is 6.54 Å². The fourth-order valence-electron chi connectivity index (χ4n) is 2.76. The van der Waals surface area contributed by atoms with Crippen LogP contribution in [-0.4, -0.2) is 33.3 Å². The molecule has 0 saturated carbocycles. The van der Waals surface area contributed by atoms with Gasteiger partial charge in [-0.2, -0.15) is 0 Å². The molecule has 4 nitrogen and oxygen atoms in total. The maximum absolute atomic E-state index is 4.37. The summed E-state index contributed by atoms with van der Waals surface area (Å²) in [6.07, 6.45) is 13.5. The third-order valence-corrected chi connectivity index (χ3v) is 4.18. The van der Waals surface area contributed by atoms with Gasteiger partial charge in [-0.3, -0.25) is 0 Å². The maximum Gasteiger partial charge on any atom is 0.123 e. The Hall–Kier alpha value is -2.45. The monoisotopic (exact) mass is 368 g/mol. The number of hydrogen-bond acceptors (Lipinski definition) is 3. The van der Waals surface area contributed by atoms with Crippen molar-refractivity contribution in [2.75, 3.05) is 13.6 Å². The Morgan fingerprint density at radius 1 is 1.12 bits per heavy atom. The van der Waals surface area contributed by atoms with Gasteiger partial charge >= 0.3 is 0 Å². The first-order chi connectivity index (χ1) is 12.6. The molecule has 1 aliphatic heterocycles. The summed E-state index contributed by atoms with van der Waals surface area (Å²) >= 11 is 0. The van der Waals surface area contributed by atoms with E-state index >= 15 is 0 Å². The van der Waals surface area contributed by atoms with Crippen LogP contribution in [0.2, 0.25) is 0 Å². The number of rotatable bonds is 4. The van der Waals surface area contributed by atoms with Crippen molar-refractivity contribution >= 4 is 20.5 Å². The fraction of sp³-hybridized carbons (Fsp3) is 0.238. The second kappa shape index (κ2) is 10.5. The Bertz CT molecular complexity index is 791. The quantitative estimate of drug-likeness (QED) is 0.698. The molecule has 5 heteroatoms. The summed E-state index contributed by atoms with van der Waals surface area (Å²) in [6.45, 7) is 18.5. The van der Waals surface area contributed by atoms with Crippen LogP contribution in [0.4, 0.5) is 0 Å². The zero-order valence-electron chi connectivity index (χ0n) is 16.2. The molecular weight excluding hydrogens is 339 g/mol. The first kappa shape index (κ1) is 21.6. The average molecular weight is 368 g/mol. The van der Waals surface area contributed by atoms with E-state index in [0.717, 1.165) is 33.8 Å². The van der Waals surface area contributed by atoms with E-state index in [1.165, 1.54) is 0 Å². The molecule has 138 valence electrons. The summed E-state index contributed by atoms with van der Waals surface area (Å²) in [4.78, 5) is 2.13. The first-order valence-corrected chi connectivity index (χ1v) is 9.17. The van der Waals surface area contributed by atoms with Gasteiger partial charge in [0.25, 0.3) is 0 Å². The summed E-state index contributed by atoms with van der Waals surface area (Å²) < 4.78 is 1.72. The molecule has 1 atom stereocenters. The van der Waals surface area contributed by atoms with Gasteiger partial charge in [0.05, 0.1) is 0 Å². The predicted molar refractivity (Wildman–Crippen MR) is 117 cm³/mol. The zero-order chi connectivity index (χ0) is 19.7. The highest BCUT2D eigenvalue weighted by atomic mass is 31.0. The van der Waals surface area contributed by atoms with Gasteiger partial charge in [-0.15, -0.1) is 5.10 Å². The van der Waals surface area contributed by atoms with Crippen LogP contribution in [0.5, 0.6) is 0 Å². The Labute approximate surface area is 159 Å². The lowest BCUT2D eigenvalue weighted by molar-refractivity contribution is 0.474. The molecule has 1 aromatic heterocycles. The third-order valence-electron chi connectivity index (χ3n) is 3.82. The molecule has 2 heterocycles. The molecule has 0 fully saturated rings. The van der Waals surface area contributed by atoms with E-state index in [1.807, 2.05) is 52.1 Å². The topological polar surface area (TPSA) is 34.0 Å². The Balaban J connectivity index is 0.00000163. The number of likely N-dealkylation sites (N-methyl/N-ethyl adjacent to an activating group) is 1. The summed E-state index contributed by atoms with van der Waals surface area (Å²) in [7, 11) is 4.63. The Kier molecular flexibility index (Phi) is 8.74. The van der Waals surface area contributed by atoms with Crippen LogP contribution in [0.1, 0.15) is 32.2 Å². The lowest BCUT2D eigenvalue weighted by atomic mass is 9.93. The average Bonchev–Trinajstić information content (AvgIpc) is 3.01. The maximum atomic E-state index is 4.37. The molecule has 2 rings (SSSR count). The first-order valence-electron chi connectivity index (χ1n) is 8.65. The van der Waals surface area contributed by atoms with Crippen molar-refractivity contribution in [3.63, 3.8) is 0 Å². The van der Waals surface area contributed by atoms with Crippen molar-refractivity contribution in [2.24, 2.45) is 0 Å². The fourth-order valence-corrected chi connectivity index (χ4v) is 3.07. The summed E-state index contributed by atoms with van der Waals surface area (Å²) in [5.41, 5.74) is 5.77. The second-order valence-electron chi connectivity index (χ2n) is 5.33. The van der Waals surface area contributed by atoms with Gasteiger partial charge in [-0.1, -0.05) is 75.3 Å². The minimum atomic E-state index is 0.712. The van der Waals surface area contributed by atoms with Crippen molar-refractivity contribution < 1.29 is 0 Å². The summed E-state index contributed by atoms with van der Waals surface area (Å²) in [5, 5.41) is 8.57. The Morgan fingerprint density at radius 3 is 2.35 bits per heavy atom. The van der Waals surface area contributed by atoms with Crippen LogP contribution in [0.25, 0.3) is 11.1 Å². The van der Waals surface area contributed by atoms with Crippen LogP contribution in [0.3, 0.4) is 0 Å². The van der Waals surface area contributed by atoms with E-state index in [-0.39, 0.29) is 0 Å². The summed E-state index contributed by atoms with van der Waals surface area (Å²) in [6, 6.07) is 0. The molecule has 0 spiro atoms. The number of allylic oxidation sites excluding steroid dienone is 8. The minimum absolute atomic E-state index is 0.712. The zero-order valence-corrected chi connectivity index (χ0v) is 17.4. The van der Waals surface area contributed by atoms with E-state index in [9.17, 15) is 0 Å². The van der Waals surface area contributed by atoms with Crippen molar-refractivity contribution in [1.82, 2.24) is 19.7 Å². The van der Waals surface area contributed by atoms with Gasteiger partial charge in [0.1, 0.15) is 11.4 Å². The molecule has 0 amide bonds. The molecule has 0 N–H and O–H groups in total. The summed E-state index contributed by atoms with van der Waals surface area (Å²) in [5.74, 6) is 0. The molecular formula is C21H29N4P. The Morgan fingerprint density at radius 2 is 1.81 bits per heavy atom. The SMILES string of the molecule is C=C/C=C1/CN(C)/C(C=C)=C(/C=C)c2nnn(P)c2/C1=C/C=C\C.CC. The molecule has 0 aromatic carbocycles. The van der Waals surface area contributed by atoms with Crippen molar-refractivity contribution in [1.29, 1.82) is 0 Å². The van der Waals surface area contributed by atoms with Gasteiger partial charge in [0.2, 0.25) is 0 Å². The number of fused-ring (bicyclic) bond motifs is 1. The van der Waals surface area contributed by atoms with Crippen molar-refractivity contribution in [3.05, 3.63) is 84.9 Å². The smallest absolute Gasteiger partial charge is 0.123 e. The molecule has 0 aliphatic carbocycles. The van der Waals surface area contributed by atoms with E-state index in [1.54, 1.807) is 16.6 Å². The van der Waals surface area contributed by atoms with Crippen LogP contribution in [-0.2, 0) is 0 Å². The molecule has 0 saturated heterocycles. The molecule has 0 bridgehead atoms. The second-order valence-corrected chi connectivity index (χ2v) is 5.82. The molecule has 26 heavy (non-hydrogen) atoms. The highest BCUT2D eigenvalue weighted by Gasteiger charge is 2.25. The number of aromatic nitrogens is 3. The van der Waals surface area contributed by atoms with Crippen molar-refractivity contribution in [2.45, 2.75) is 20.8 Å². The predicted octanol–water partition coefficient (Wildman–Crippen LogP) is 5.04.